The number of hydrogen-bond acceptors (Lipinski definition) is 3. The van der Waals surface area contributed by atoms with Crippen molar-refractivity contribution >= 4 is 22.8 Å². The molecule has 1 aromatic heterocycles. The molecule has 1 aromatic carbocycles. The van der Waals surface area contributed by atoms with E-state index in [0.717, 1.165) is 16.5 Å². The highest BCUT2D eigenvalue weighted by molar-refractivity contribution is 5.99. The van der Waals surface area contributed by atoms with Gasteiger partial charge in [-0.2, -0.15) is 0 Å². The van der Waals surface area contributed by atoms with Crippen molar-refractivity contribution in [3.63, 3.8) is 0 Å². The number of ether oxygens (including phenoxy) is 1. The third kappa shape index (κ3) is 3.07. The Balaban J connectivity index is 2.31. The Kier molecular flexibility index (Phi) is 4.62. The lowest BCUT2D eigenvalue weighted by molar-refractivity contribution is -0.139. The first-order valence-corrected chi connectivity index (χ1v) is 7.06. The van der Waals surface area contributed by atoms with Gasteiger partial charge in [0, 0.05) is 35.8 Å². The number of aromatic nitrogens is 1. The van der Waals surface area contributed by atoms with Crippen molar-refractivity contribution in [2.45, 2.75) is 20.3 Å². The lowest BCUT2D eigenvalue weighted by atomic mass is 10.1. The molecule has 5 nitrogen and oxygen atoms in total. The van der Waals surface area contributed by atoms with Crippen LogP contribution in [0.2, 0.25) is 0 Å². The molecule has 0 atom stereocenters. The SMILES string of the molecule is CCN(CC)C(=O)c1ccc2c(CC(=O)OC)c[nH]c2c1. The Hall–Kier alpha value is -2.30. The third-order valence-electron chi connectivity index (χ3n) is 3.63. The minimum Gasteiger partial charge on any atom is -0.469 e. The van der Waals surface area contributed by atoms with Crippen LogP contribution in [0.15, 0.2) is 24.4 Å². The smallest absolute Gasteiger partial charge is 0.310 e. The molecule has 1 N–H and O–H groups in total. The quantitative estimate of drug-likeness (QED) is 0.859. The lowest BCUT2D eigenvalue weighted by Gasteiger charge is -2.18. The monoisotopic (exact) mass is 288 g/mol. The Morgan fingerprint density at radius 1 is 1.24 bits per heavy atom. The first kappa shape index (κ1) is 15.1. The van der Waals surface area contributed by atoms with E-state index >= 15 is 0 Å². The van der Waals surface area contributed by atoms with Gasteiger partial charge in [-0.25, -0.2) is 0 Å². The maximum atomic E-state index is 12.3. The second kappa shape index (κ2) is 6.43. The number of hydrogen-bond donors (Lipinski definition) is 1. The Morgan fingerprint density at radius 3 is 2.57 bits per heavy atom. The molecule has 0 fully saturated rings. The van der Waals surface area contributed by atoms with E-state index in [1.165, 1.54) is 7.11 Å². The van der Waals surface area contributed by atoms with E-state index in [1.807, 2.05) is 26.0 Å². The molecule has 5 heteroatoms. The first-order chi connectivity index (χ1) is 10.1. The van der Waals surface area contributed by atoms with Crippen LogP contribution in [-0.2, 0) is 16.0 Å². The van der Waals surface area contributed by atoms with Crippen molar-refractivity contribution in [3.05, 3.63) is 35.5 Å². The number of aromatic amines is 1. The van der Waals surface area contributed by atoms with E-state index in [1.54, 1.807) is 17.2 Å². The molecule has 0 saturated heterocycles. The van der Waals surface area contributed by atoms with Gasteiger partial charge in [-0.05, 0) is 31.5 Å². The average molecular weight is 288 g/mol. The summed E-state index contributed by atoms with van der Waals surface area (Å²) in [4.78, 5) is 28.6. The van der Waals surface area contributed by atoms with Gasteiger partial charge in [0.05, 0.1) is 13.5 Å². The van der Waals surface area contributed by atoms with Crippen molar-refractivity contribution in [1.82, 2.24) is 9.88 Å². The molecule has 2 aromatic rings. The molecule has 0 bridgehead atoms. The second-order valence-electron chi connectivity index (χ2n) is 4.80. The second-order valence-corrected chi connectivity index (χ2v) is 4.80. The van der Waals surface area contributed by atoms with Crippen LogP contribution in [0.5, 0.6) is 0 Å². The normalized spacial score (nSPS) is 10.6. The van der Waals surface area contributed by atoms with Crippen LogP contribution >= 0.6 is 0 Å². The van der Waals surface area contributed by atoms with E-state index in [9.17, 15) is 9.59 Å². The molecular formula is C16H20N2O3. The molecule has 0 aliphatic heterocycles. The van der Waals surface area contributed by atoms with Crippen molar-refractivity contribution < 1.29 is 14.3 Å². The van der Waals surface area contributed by atoms with Crippen LogP contribution in [0.4, 0.5) is 0 Å². The molecule has 21 heavy (non-hydrogen) atoms. The highest BCUT2D eigenvalue weighted by Crippen LogP contribution is 2.21. The van der Waals surface area contributed by atoms with Gasteiger partial charge in [0.15, 0.2) is 0 Å². The number of fused-ring (bicyclic) bond motifs is 1. The number of rotatable bonds is 5. The zero-order valence-corrected chi connectivity index (χ0v) is 12.6. The first-order valence-electron chi connectivity index (χ1n) is 7.06. The van der Waals surface area contributed by atoms with Crippen molar-refractivity contribution in [2.75, 3.05) is 20.2 Å². The van der Waals surface area contributed by atoms with Gasteiger partial charge < -0.3 is 14.6 Å². The predicted octanol–water partition coefficient (Wildman–Crippen LogP) is 2.37. The molecule has 2 rings (SSSR count). The molecule has 112 valence electrons. The number of nitrogens with zero attached hydrogens (tertiary/aromatic N) is 1. The molecule has 0 unspecified atom stereocenters. The Morgan fingerprint density at radius 2 is 1.95 bits per heavy atom. The van der Waals surface area contributed by atoms with E-state index in [0.29, 0.717) is 18.7 Å². The summed E-state index contributed by atoms with van der Waals surface area (Å²) in [6.07, 6.45) is 2.01. The maximum Gasteiger partial charge on any atom is 0.310 e. The predicted molar refractivity (Wildman–Crippen MR) is 81.3 cm³/mol. The summed E-state index contributed by atoms with van der Waals surface area (Å²) in [6, 6.07) is 5.51. The van der Waals surface area contributed by atoms with Crippen LogP contribution in [0.3, 0.4) is 0 Å². The molecule has 0 radical (unpaired) electrons. The average Bonchev–Trinajstić information content (AvgIpc) is 2.90. The minimum absolute atomic E-state index is 0.0195. The summed E-state index contributed by atoms with van der Waals surface area (Å²) in [7, 11) is 1.37. The summed E-state index contributed by atoms with van der Waals surface area (Å²) in [5.74, 6) is -0.259. The van der Waals surface area contributed by atoms with Crippen LogP contribution in [-0.4, -0.2) is 42.0 Å². The molecule has 1 amide bonds. The Bertz CT molecular complexity index is 657. The zero-order valence-electron chi connectivity index (χ0n) is 12.6. The van der Waals surface area contributed by atoms with Crippen LogP contribution in [0, 0.1) is 0 Å². The molecule has 0 aliphatic rings. The zero-order chi connectivity index (χ0) is 15.4. The fourth-order valence-corrected chi connectivity index (χ4v) is 2.39. The number of carbonyl (C=O) groups is 2. The number of benzene rings is 1. The van der Waals surface area contributed by atoms with Crippen LogP contribution < -0.4 is 0 Å². The number of H-pyrrole nitrogens is 1. The van der Waals surface area contributed by atoms with Gasteiger partial charge in [-0.3, -0.25) is 9.59 Å². The van der Waals surface area contributed by atoms with Gasteiger partial charge in [0.1, 0.15) is 0 Å². The molecule has 0 saturated carbocycles. The van der Waals surface area contributed by atoms with E-state index in [2.05, 4.69) is 9.72 Å². The van der Waals surface area contributed by atoms with Crippen LogP contribution in [0.1, 0.15) is 29.8 Å². The standard InChI is InChI=1S/C16H20N2O3/c1-4-18(5-2)16(20)11-6-7-13-12(9-15(19)21-3)10-17-14(13)8-11/h6-8,10,17H,4-5,9H2,1-3H3. The summed E-state index contributed by atoms with van der Waals surface area (Å²) in [6.45, 7) is 5.30. The van der Waals surface area contributed by atoms with E-state index < -0.39 is 0 Å². The van der Waals surface area contributed by atoms with Crippen molar-refractivity contribution in [2.24, 2.45) is 0 Å². The highest BCUT2D eigenvalue weighted by atomic mass is 16.5. The summed E-state index contributed by atoms with van der Waals surface area (Å²) in [5, 5.41) is 0.941. The summed E-state index contributed by atoms with van der Waals surface area (Å²) < 4.78 is 4.68. The topological polar surface area (TPSA) is 62.4 Å². The molecule has 0 spiro atoms. The van der Waals surface area contributed by atoms with E-state index in [4.69, 9.17) is 0 Å². The van der Waals surface area contributed by atoms with Gasteiger partial charge in [0.2, 0.25) is 0 Å². The summed E-state index contributed by atoms with van der Waals surface area (Å²) in [5.41, 5.74) is 2.38. The molecule has 0 aliphatic carbocycles. The minimum atomic E-state index is -0.279. The maximum absolute atomic E-state index is 12.3. The fraction of sp³-hybridized carbons (Fsp3) is 0.375. The van der Waals surface area contributed by atoms with Gasteiger partial charge in [0.25, 0.3) is 5.91 Å². The summed E-state index contributed by atoms with van der Waals surface area (Å²) >= 11 is 0. The van der Waals surface area contributed by atoms with E-state index in [-0.39, 0.29) is 18.3 Å². The number of methoxy groups -OCH3 is 1. The molecule has 1 heterocycles. The fourth-order valence-electron chi connectivity index (χ4n) is 2.39. The van der Waals surface area contributed by atoms with Gasteiger partial charge in [-0.1, -0.05) is 6.07 Å². The van der Waals surface area contributed by atoms with Crippen LogP contribution in [0.25, 0.3) is 10.9 Å². The van der Waals surface area contributed by atoms with Gasteiger partial charge >= 0.3 is 5.97 Å². The number of amides is 1. The van der Waals surface area contributed by atoms with Crippen molar-refractivity contribution in [1.29, 1.82) is 0 Å². The molecular weight excluding hydrogens is 268 g/mol. The third-order valence-corrected chi connectivity index (χ3v) is 3.63. The van der Waals surface area contributed by atoms with Crippen molar-refractivity contribution in [3.8, 4) is 0 Å². The highest BCUT2D eigenvalue weighted by Gasteiger charge is 2.15. The number of esters is 1. The Labute approximate surface area is 123 Å². The largest absolute Gasteiger partial charge is 0.469 e. The van der Waals surface area contributed by atoms with Gasteiger partial charge in [-0.15, -0.1) is 0 Å². The number of carbonyl (C=O) groups excluding carboxylic acids is 2. The lowest BCUT2D eigenvalue weighted by Crippen LogP contribution is -2.30. The number of nitrogens with one attached hydrogen (secondary N) is 1.